The van der Waals surface area contributed by atoms with Gasteiger partial charge < -0.3 is 10.6 Å². The third-order valence-corrected chi connectivity index (χ3v) is 3.86. The summed E-state index contributed by atoms with van der Waals surface area (Å²) in [5, 5.41) is 9.62. The first kappa shape index (κ1) is 14.1. The van der Waals surface area contributed by atoms with Crippen LogP contribution < -0.4 is 10.6 Å². The quantitative estimate of drug-likeness (QED) is 0.752. The number of fused-ring (bicyclic) bond motifs is 1. The van der Waals surface area contributed by atoms with E-state index in [0.717, 1.165) is 28.5 Å². The Morgan fingerprint density at radius 1 is 1.26 bits per heavy atom. The minimum absolute atomic E-state index is 0.680. The van der Waals surface area contributed by atoms with Gasteiger partial charge in [-0.25, -0.2) is 4.98 Å². The topological polar surface area (TPSA) is 49.8 Å². The molecule has 0 aliphatic rings. The highest BCUT2D eigenvalue weighted by atomic mass is 32.1. The number of rotatable bonds is 7. The molecule has 2 rings (SSSR count). The van der Waals surface area contributed by atoms with Crippen molar-refractivity contribution in [2.75, 3.05) is 24.2 Å². The van der Waals surface area contributed by atoms with Gasteiger partial charge in [0.2, 0.25) is 5.95 Å². The van der Waals surface area contributed by atoms with E-state index in [-0.39, 0.29) is 0 Å². The predicted octanol–water partition coefficient (Wildman–Crippen LogP) is 3.97. The van der Waals surface area contributed by atoms with E-state index in [1.54, 1.807) is 11.3 Å². The molecule has 0 spiro atoms. The molecule has 0 bridgehead atoms. The number of unbranched alkanes of at least 4 members (excludes halogenated alkanes) is 1. The lowest BCUT2D eigenvalue weighted by molar-refractivity contribution is 0.544. The maximum absolute atomic E-state index is 4.50. The van der Waals surface area contributed by atoms with Crippen LogP contribution >= 0.6 is 11.3 Å². The Hall–Kier alpha value is -1.36. The lowest BCUT2D eigenvalue weighted by Gasteiger charge is -2.09. The molecule has 0 amide bonds. The fourth-order valence-corrected chi connectivity index (χ4v) is 2.75. The van der Waals surface area contributed by atoms with E-state index < -0.39 is 0 Å². The zero-order valence-electron chi connectivity index (χ0n) is 11.9. The molecular formula is C14H22N4S. The zero-order valence-corrected chi connectivity index (χ0v) is 12.7. The van der Waals surface area contributed by atoms with Crippen molar-refractivity contribution in [3.05, 3.63) is 11.4 Å². The second-order valence-electron chi connectivity index (χ2n) is 5.10. The summed E-state index contributed by atoms with van der Waals surface area (Å²) in [6.45, 7) is 5.51. The van der Waals surface area contributed by atoms with Crippen molar-refractivity contribution in [3.8, 4) is 0 Å². The van der Waals surface area contributed by atoms with Crippen LogP contribution in [0, 0.1) is 5.92 Å². The molecule has 0 atom stereocenters. The number of nitrogens with zero attached hydrogens (tertiary/aromatic N) is 2. The first-order valence-corrected chi connectivity index (χ1v) is 7.75. The molecule has 0 aliphatic carbocycles. The summed E-state index contributed by atoms with van der Waals surface area (Å²) < 4.78 is 0. The Kier molecular flexibility index (Phi) is 4.96. The lowest BCUT2D eigenvalue weighted by Crippen LogP contribution is -2.06. The molecule has 0 aliphatic heterocycles. The molecule has 0 fully saturated rings. The highest BCUT2D eigenvalue weighted by Crippen LogP contribution is 2.26. The normalized spacial score (nSPS) is 11.2. The molecule has 104 valence electrons. The van der Waals surface area contributed by atoms with Crippen LogP contribution in [0.1, 0.15) is 33.1 Å². The number of aromatic nitrogens is 2. The molecule has 2 aromatic rings. The summed E-state index contributed by atoms with van der Waals surface area (Å²) in [4.78, 5) is 9.97. The maximum atomic E-state index is 4.50. The fourth-order valence-electron chi connectivity index (χ4n) is 1.99. The van der Waals surface area contributed by atoms with Crippen molar-refractivity contribution < 1.29 is 0 Å². The number of hydrogen-bond donors (Lipinski definition) is 2. The third kappa shape index (κ3) is 3.80. The summed E-state index contributed by atoms with van der Waals surface area (Å²) >= 11 is 1.65. The number of hydrogen-bond acceptors (Lipinski definition) is 5. The van der Waals surface area contributed by atoms with E-state index in [2.05, 4.69) is 45.9 Å². The van der Waals surface area contributed by atoms with Crippen LogP contribution in [0.15, 0.2) is 11.4 Å². The summed E-state index contributed by atoms with van der Waals surface area (Å²) in [5.74, 6) is 2.42. The molecule has 2 N–H and O–H groups in total. The van der Waals surface area contributed by atoms with Crippen LogP contribution in [0.25, 0.3) is 10.2 Å². The van der Waals surface area contributed by atoms with Crippen molar-refractivity contribution in [1.82, 2.24) is 9.97 Å². The largest absolute Gasteiger partial charge is 0.369 e. The molecule has 19 heavy (non-hydrogen) atoms. The van der Waals surface area contributed by atoms with Gasteiger partial charge in [0.1, 0.15) is 10.6 Å². The van der Waals surface area contributed by atoms with E-state index in [0.29, 0.717) is 5.95 Å². The van der Waals surface area contributed by atoms with Gasteiger partial charge in [-0.1, -0.05) is 26.7 Å². The monoisotopic (exact) mass is 278 g/mol. The van der Waals surface area contributed by atoms with Crippen LogP contribution in [-0.4, -0.2) is 23.6 Å². The second-order valence-corrected chi connectivity index (χ2v) is 6.00. The number of anilines is 2. The Bertz CT molecular complexity index is 521. The van der Waals surface area contributed by atoms with E-state index in [4.69, 9.17) is 0 Å². The fraction of sp³-hybridized carbons (Fsp3) is 0.571. The van der Waals surface area contributed by atoms with Crippen molar-refractivity contribution in [2.45, 2.75) is 33.1 Å². The average Bonchev–Trinajstić information content (AvgIpc) is 2.85. The van der Waals surface area contributed by atoms with E-state index in [9.17, 15) is 0 Å². The summed E-state index contributed by atoms with van der Waals surface area (Å²) in [5.41, 5.74) is 0. The predicted molar refractivity (Wildman–Crippen MR) is 84.1 cm³/mol. The van der Waals surface area contributed by atoms with E-state index >= 15 is 0 Å². The lowest BCUT2D eigenvalue weighted by atomic mass is 10.1. The van der Waals surface area contributed by atoms with E-state index in [1.807, 2.05) is 7.05 Å². The van der Waals surface area contributed by atoms with Crippen molar-refractivity contribution in [3.63, 3.8) is 0 Å². The number of thiophene rings is 1. The molecule has 2 heterocycles. The molecule has 0 aromatic carbocycles. The van der Waals surface area contributed by atoms with Gasteiger partial charge >= 0.3 is 0 Å². The molecule has 5 heteroatoms. The first-order valence-electron chi connectivity index (χ1n) is 6.87. The third-order valence-electron chi connectivity index (χ3n) is 3.05. The molecule has 0 radical (unpaired) electrons. The van der Waals surface area contributed by atoms with Gasteiger partial charge in [0.25, 0.3) is 0 Å². The number of nitrogens with one attached hydrogen (secondary N) is 2. The molecule has 0 saturated carbocycles. The molecule has 0 unspecified atom stereocenters. The van der Waals surface area contributed by atoms with Gasteiger partial charge in [0, 0.05) is 13.6 Å². The smallest absolute Gasteiger partial charge is 0.225 e. The maximum Gasteiger partial charge on any atom is 0.225 e. The SMILES string of the molecule is CNc1nc(NCCCCC(C)C)c2ccsc2n1. The van der Waals surface area contributed by atoms with Gasteiger partial charge in [-0.3, -0.25) is 0 Å². The van der Waals surface area contributed by atoms with Gasteiger partial charge in [-0.2, -0.15) is 4.98 Å². The van der Waals surface area contributed by atoms with Crippen LogP contribution in [0.2, 0.25) is 0 Å². The van der Waals surface area contributed by atoms with Crippen LogP contribution in [-0.2, 0) is 0 Å². The van der Waals surface area contributed by atoms with Crippen LogP contribution in [0.3, 0.4) is 0 Å². The molecule has 2 aromatic heterocycles. The summed E-state index contributed by atoms with van der Waals surface area (Å²) in [6.07, 6.45) is 3.74. The van der Waals surface area contributed by atoms with Crippen molar-refractivity contribution >= 4 is 33.3 Å². The highest BCUT2D eigenvalue weighted by molar-refractivity contribution is 7.16. The van der Waals surface area contributed by atoms with Gasteiger partial charge in [0.15, 0.2) is 0 Å². The molecule has 4 nitrogen and oxygen atoms in total. The zero-order chi connectivity index (χ0) is 13.7. The van der Waals surface area contributed by atoms with Crippen molar-refractivity contribution in [2.24, 2.45) is 5.92 Å². The van der Waals surface area contributed by atoms with Gasteiger partial charge in [0.05, 0.1) is 5.39 Å². The van der Waals surface area contributed by atoms with Crippen molar-refractivity contribution in [1.29, 1.82) is 0 Å². The molecular weight excluding hydrogens is 256 g/mol. The highest BCUT2D eigenvalue weighted by Gasteiger charge is 2.07. The minimum Gasteiger partial charge on any atom is -0.369 e. The Labute approximate surface area is 118 Å². The Balaban J connectivity index is 1.97. The summed E-state index contributed by atoms with van der Waals surface area (Å²) in [6, 6.07) is 2.08. The van der Waals surface area contributed by atoms with Gasteiger partial charge in [-0.15, -0.1) is 11.3 Å². The Morgan fingerprint density at radius 3 is 2.84 bits per heavy atom. The van der Waals surface area contributed by atoms with Crippen LogP contribution in [0.4, 0.5) is 11.8 Å². The van der Waals surface area contributed by atoms with E-state index in [1.165, 1.54) is 19.3 Å². The van der Waals surface area contributed by atoms with Crippen LogP contribution in [0.5, 0.6) is 0 Å². The minimum atomic E-state index is 0.680. The Morgan fingerprint density at radius 2 is 2.11 bits per heavy atom. The second kappa shape index (κ2) is 6.70. The molecule has 0 saturated heterocycles. The first-order chi connectivity index (χ1) is 9.20. The standard InChI is InChI=1S/C14H22N4S/c1-10(2)6-4-5-8-16-12-11-7-9-19-13(11)18-14(15-3)17-12/h7,9-10H,4-6,8H2,1-3H3,(H2,15,16,17,18). The average molecular weight is 278 g/mol. The summed E-state index contributed by atoms with van der Waals surface area (Å²) in [7, 11) is 1.85. The van der Waals surface area contributed by atoms with Gasteiger partial charge in [-0.05, 0) is 23.8 Å².